The van der Waals surface area contributed by atoms with Crippen LogP contribution in [0.4, 0.5) is 5.82 Å². The number of piperidine rings is 1. The minimum atomic E-state index is 0.535. The van der Waals surface area contributed by atoms with E-state index in [1.165, 1.54) is 0 Å². The molecule has 1 aliphatic heterocycles. The zero-order valence-corrected chi connectivity index (χ0v) is 16.4. The molecule has 3 aromatic rings. The van der Waals surface area contributed by atoms with Gasteiger partial charge in [0, 0.05) is 42.2 Å². The fourth-order valence-electron chi connectivity index (χ4n) is 3.65. The van der Waals surface area contributed by atoms with Crippen LogP contribution in [0.2, 0.25) is 0 Å². The molecule has 0 unspecified atom stereocenters. The Morgan fingerprint density at radius 1 is 1.07 bits per heavy atom. The molecule has 0 atom stereocenters. The first kappa shape index (κ1) is 17.7. The highest BCUT2D eigenvalue weighted by Gasteiger charge is 2.23. The largest absolute Gasteiger partial charge is 0.477 e. The van der Waals surface area contributed by atoms with E-state index in [-0.39, 0.29) is 0 Å². The Morgan fingerprint density at radius 3 is 2.63 bits per heavy atom. The number of hydrogen-bond acceptors (Lipinski definition) is 6. The van der Waals surface area contributed by atoms with Crippen LogP contribution in [-0.4, -0.2) is 44.3 Å². The summed E-state index contributed by atoms with van der Waals surface area (Å²) in [5.74, 6) is 3.15. The van der Waals surface area contributed by atoms with Crippen molar-refractivity contribution in [2.45, 2.75) is 40.5 Å². The quantitative estimate of drug-likeness (QED) is 0.707. The van der Waals surface area contributed by atoms with Gasteiger partial charge in [0.25, 0.3) is 0 Å². The second kappa shape index (κ2) is 7.13. The summed E-state index contributed by atoms with van der Waals surface area (Å²) >= 11 is 0. The summed E-state index contributed by atoms with van der Waals surface area (Å²) < 4.78 is 7.99. The number of anilines is 1. The Hall–Kier alpha value is -2.70. The molecule has 0 radical (unpaired) electrons. The van der Waals surface area contributed by atoms with Crippen molar-refractivity contribution in [2.75, 3.05) is 24.6 Å². The fraction of sp³-hybridized carbons (Fsp3) is 0.500. The number of aromatic nitrogens is 5. The van der Waals surface area contributed by atoms with Crippen LogP contribution in [0.5, 0.6) is 5.88 Å². The van der Waals surface area contributed by atoms with E-state index in [1.54, 1.807) is 6.20 Å². The molecule has 0 bridgehead atoms. The van der Waals surface area contributed by atoms with Crippen molar-refractivity contribution < 1.29 is 4.74 Å². The minimum absolute atomic E-state index is 0.535. The predicted molar refractivity (Wildman–Crippen MR) is 104 cm³/mol. The van der Waals surface area contributed by atoms with Gasteiger partial charge in [-0.05, 0) is 46.5 Å². The minimum Gasteiger partial charge on any atom is -0.477 e. The Kier molecular flexibility index (Phi) is 4.68. The van der Waals surface area contributed by atoms with Crippen molar-refractivity contribution in [3.63, 3.8) is 0 Å². The summed E-state index contributed by atoms with van der Waals surface area (Å²) in [4.78, 5) is 15.8. The Morgan fingerprint density at radius 2 is 1.85 bits per heavy atom. The van der Waals surface area contributed by atoms with E-state index in [1.807, 2.05) is 38.3 Å². The summed E-state index contributed by atoms with van der Waals surface area (Å²) in [7, 11) is 0. The number of hydrogen-bond donors (Lipinski definition) is 0. The molecule has 4 heterocycles. The van der Waals surface area contributed by atoms with Crippen molar-refractivity contribution in [3.8, 4) is 5.88 Å². The molecule has 0 saturated carbocycles. The van der Waals surface area contributed by atoms with E-state index >= 15 is 0 Å². The molecule has 3 aromatic heterocycles. The topological polar surface area (TPSA) is 68.4 Å². The Balaban J connectivity index is 1.40. The first-order valence-corrected chi connectivity index (χ1v) is 9.52. The van der Waals surface area contributed by atoms with E-state index in [2.05, 4.69) is 31.0 Å². The van der Waals surface area contributed by atoms with Gasteiger partial charge in [-0.2, -0.15) is 14.6 Å². The van der Waals surface area contributed by atoms with Gasteiger partial charge in [-0.1, -0.05) is 0 Å². The lowest BCUT2D eigenvalue weighted by molar-refractivity contribution is 0.213. The van der Waals surface area contributed by atoms with Gasteiger partial charge in [0.1, 0.15) is 11.6 Å². The van der Waals surface area contributed by atoms with Crippen LogP contribution in [0, 0.1) is 33.6 Å². The lowest BCUT2D eigenvalue weighted by atomic mass is 9.98. The van der Waals surface area contributed by atoms with Gasteiger partial charge in [0.05, 0.1) is 12.8 Å². The number of aryl methyl sites for hydroxylation is 3. The van der Waals surface area contributed by atoms with E-state index in [9.17, 15) is 0 Å². The number of ether oxygens (including phenoxy) is 1. The molecule has 1 aliphatic rings. The maximum absolute atomic E-state index is 6.06. The molecule has 142 valence electrons. The maximum atomic E-state index is 6.06. The van der Waals surface area contributed by atoms with Crippen LogP contribution in [0.1, 0.15) is 35.6 Å². The Bertz CT molecular complexity index is 959. The third kappa shape index (κ3) is 3.59. The van der Waals surface area contributed by atoms with Crippen molar-refractivity contribution >= 4 is 11.5 Å². The van der Waals surface area contributed by atoms with Crippen LogP contribution in [0.15, 0.2) is 18.3 Å². The predicted octanol–water partition coefficient (Wildman–Crippen LogP) is 3.05. The average Bonchev–Trinajstić information content (AvgIpc) is 3.11. The molecular weight excluding hydrogens is 340 g/mol. The smallest absolute Gasteiger partial charge is 0.219 e. The molecule has 7 heteroatoms. The van der Waals surface area contributed by atoms with Crippen molar-refractivity contribution in [2.24, 2.45) is 5.92 Å². The van der Waals surface area contributed by atoms with E-state index in [0.717, 1.165) is 66.1 Å². The van der Waals surface area contributed by atoms with Gasteiger partial charge in [0.2, 0.25) is 5.88 Å². The zero-order chi connectivity index (χ0) is 19.0. The van der Waals surface area contributed by atoms with Crippen molar-refractivity contribution in [1.29, 1.82) is 0 Å². The van der Waals surface area contributed by atoms with Crippen LogP contribution in [-0.2, 0) is 0 Å². The Labute approximate surface area is 159 Å². The van der Waals surface area contributed by atoms with E-state index < -0.39 is 0 Å². The maximum Gasteiger partial charge on any atom is 0.219 e. The summed E-state index contributed by atoms with van der Waals surface area (Å²) in [6.45, 7) is 10.7. The third-order valence-electron chi connectivity index (χ3n) is 5.32. The van der Waals surface area contributed by atoms with Crippen LogP contribution in [0.25, 0.3) is 5.65 Å². The first-order chi connectivity index (χ1) is 13.0. The monoisotopic (exact) mass is 366 g/mol. The van der Waals surface area contributed by atoms with Crippen molar-refractivity contribution in [3.05, 3.63) is 41.1 Å². The molecule has 0 N–H and O–H groups in total. The first-order valence-electron chi connectivity index (χ1n) is 9.52. The molecule has 0 aliphatic carbocycles. The van der Waals surface area contributed by atoms with Crippen LogP contribution >= 0.6 is 0 Å². The fourth-order valence-corrected chi connectivity index (χ4v) is 3.65. The van der Waals surface area contributed by atoms with E-state index in [4.69, 9.17) is 4.74 Å². The standard InChI is InChI=1S/C20H26N6O/c1-13-11-19(26-18(22-13)5-8-21-26)25-9-6-17(7-10-25)12-27-20-14(2)15(3)23-16(4)24-20/h5,8,11,17H,6-7,9-10,12H2,1-4H3. The lowest BCUT2D eigenvalue weighted by Crippen LogP contribution is -2.36. The van der Waals surface area contributed by atoms with E-state index in [0.29, 0.717) is 12.5 Å². The van der Waals surface area contributed by atoms with Gasteiger partial charge in [-0.15, -0.1) is 0 Å². The summed E-state index contributed by atoms with van der Waals surface area (Å²) in [6.07, 6.45) is 3.98. The molecule has 0 spiro atoms. The zero-order valence-electron chi connectivity index (χ0n) is 16.4. The van der Waals surface area contributed by atoms with Crippen molar-refractivity contribution in [1.82, 2.24) is 24.6 Å². The summed E-state index contributed by atoms with van der Waals surface area (Å²) in [5.41, 5.74) is 3.95. The number of rotatable bonds is 4. The molecule has 0 aromatic carbocycles. The second-order valence-electron chi connectivity index (χ2n) is 7.38. The average molecular weight is 366 g/mol. The third-order valence-corrected chi connectivity index (χ3v) is 5.32. The highest BCUT2D eigenvalue weighted by molar-refractivity contribution is 5.50. The van der Waals surface area contributed by atoms with Crippen LogP contribution < -0.4 is 9.64 Å². The molecule has 1 fully saturated rings. The molecule has 0 amide bonds. The molecule has 4 rings (SSSR count). The molecule has 27 heavy (non-hydrogen) atoms. The summed E-state index contributed by atoms with van der Waals surface area (Å²) in [5, 5.41) is 4.43. The normalized spacial score (nSPS) is 15.5. The van der Waals surface area contributed by atoms with Gasteiger partial charge in [0.15, 0.2) is 5.65 Å². The summed E-state index contributed by atoms with van der Waals surface area (Å²) in [6, 6.07) is 4.07. The molecule has 7 nitrogen and oxygen atoms in total. The lowest BCUT2D eigenvalue weighted by Gasteiger charge is -2.33. The number of fused-ring (bicyclic) bond motifs is 1. The number of nitrogens with zero attached hydrogens (tertiary/aromatic N) is 6. The highest BCUT2D eigenvalue weighted by atomic mass is 16.5. The van der Waals surface area contributed by atoms with Gasteiger partial charge in [-0.25, -0.2) is 9.97 Å². The SMILES string of the molecule is Cc1cc(N2CCC(COc3nc(C)nc(C)c3C)CC2)n2nccc2n1. The molecule has 1 saturated heterocycles. The van der Waals surface area contributed by atoms with Gasteiger partial charge in [-0.3, -0.25) is 0 Å². The van der Waals surface area contributed by atoms with Gasteiger partial charge < -0.3 is 9.64 Å². The highest BCUT2D eigenvalue weighted by Crippen LogP contribution is 2.25. The second-order valence-corrected chi connectivity index (χ2v) is 7.38. The molecular formula is C20H26N6O. The van der Waals surface area contributed by atoms with Crippen LogP contribution in [0.3, 0.4) is 0 Å². The van der Waals surface area contributed by atoms with Gasteiger partial charge >= 0.3 is 0 Å².